The molecule has 6 heteroatoms. The summed E-state index contributed by atoms with van der Waals surface area (Å²) in [6.07, 6.45) is 1.50. The van der Waals surface area contributed by atoms with Crippen molar-refractivity contribution in [3.63, 3.8) is 0 Å². The van der Waals surface area contributed by atoms with Gasteiger partial charge < -0.3 is 0 Å². The Hall–Kier alpha value is -0.880. The summed E-state index contributed by atoms with van der Waals surface area (Å²) >= 11 is 0. The molecule has 0 bridgehead atoms. The van der Waals surface area contributed by atoms with Crippen LogP contribution in [0.25, 0.3) is 0 Å². The van der Waals surface area contributed by atoms with Crippen LogP contribution in [0, 0.1) is 6.92 Å². The highest BCUT2D eigenvalue weighted by Crippen LogP contribution is 2.16. The second kappa shape index (κ2) is 3.12. The Morgan fingerprint density at radius 1 is 1.54 bits per heavy atom. The molecule has 0 saturated carbocycles. The number of hydrogen-bond acceptors (Lipinski definition) is 3. The molecule has 74 valence electrons. The van der Waals surface area contributed by atoms with E-state index in [4.69, 9.17) is 5.14 Å². The number of primary sulfonamides is 1. The second-order valence-electron chi connectivity index (χ2n) is 3.22. The van der Waals surface area contributed by atoms with Crippen molar-refractivity contribution < 1.29 is 8.42 Å². The topological polar surface area (TPSA) is 78.0 Å². The van der Waals surface area contributed by atoms with Crippen molar-refractivity contribution in [1.82, 2.24) is 9.78 Å². The number of rotatable bonds is 2. The number of sulfonamides is 1. The first-order valence-corrected chi connectivity index (χ1v) is 5.45. The lowest BCUT2D eigenvalue weighted by molar-refractivity contribution is 0.477. The summed E-state index contributed by atoms with van der Waals surface area (Å²) in [5.74, 6) is 0. The summed E-state index contributed by atoms with van der Waals surface area (Å²) in [7, 11) is -3.67. The van der Waals surface area contributed by atoms with Crippen molar-refractivity contribution in [2.24, 2.45) is 5.14 Å². The zero-order valence-corrected chi connectivity index (χ0v) is 8.67. The normalized spacial score (nSPS) is 12.4. The molecule has 13 heavy (non-hydrogen) atoms. The van der Waals surface area contributed by atoms with E-state index in [0.29, 0.717) is 5.56 Å². The van der Waals surface area contributed by atoms with Gasteiger partial charge >= 0.3 is 0 Å². The molecule has 0 aliphatic rings. The third-order valence-corrected chi connectivity index (χ3v) is 2.73. The highest BCUT2D eigenvalue weighted by atomic mass is 32.2. The Kier molecular flexibility index (Phi) is 2.44. The quantitative estimate of drug-likeness (QED) is 0.756. The van der Waals surface area contributed by atoms with Crippen LogP contribution in [-0.4, -0.2) is 18.2 Å². The highest BCUT2D eigenvalue weighted by Gasteiger charge is 2.19. The standard InChI is InChI=1S/C7H13N3O2S/c1-5(2)10-7(13(8,11)12)6(3)4-9-10/h4-5H,1-3H3,(H2,8,11,12). The van der Waals surface area contributed by atoms with Crippen molar-refractivity contribution in [3.05, 3.63) is 11.8 Å². The Bertz CT molecular complexity index is 405. The van der Waals surface area contributed by atoms with Gasteiger partial charge in [0.15, 0.2) is 5.03 Å². The van der Waals surface area contributed by atoms with Crippen LogP contribution >= 0.6 is 0 Å². The van der Waals surface area contributed by atoms with E-state index >= 15 is 0 Å². The average Bonchev–Trinajstić information content (AvgIpc) is 2.28. The minimum atomic E-state index is -3.67. The van der Waals surface area contributed by atoms with Gasteiger partial charge in [0.25, 0.3) is 10.0 Å². The van der Waals surface area contributed by atoms with E-state index in [9.17, 15) is 8.42 Å². The van der Waals surface area contributed by atoms with Crippen molar-refractivity contribution in [2.75, 3.05) is 0 Å². The Morgan fingerprint density at radius 3 is 2.38 bits per heavy atom. The second-order valence-corrected chi connectivity index (χ2v) is 4.69. The molecule has 0 spiro atoms. The fourth-order valence-electron chi connectivity index (χ4n) is 1.16. The fourth-order valence-corrected chi connectivity index (χ4v) is 2.18. The van der Waals surface area contributed by atoms with E-state index < -0.39 is 10.0 Å². The maximum absolute atomic E-state index is 11.2. The van der Waals surface area contributed by atoms with Crippen molar-refractivity contribution in [1.29, 1.82) is 0 Å². The van der Waals surface area contributed by atoms with E-state index in [1.807, 2.05) is 13.8 Å². The van der Waals surface area contributed by atoms with Crippen LogP contribution in [0.3, 0.4) is 0 Å². The predicted octanol–water partition coefficient (Wildman–Crippen LogP) is 0.420. The first-order valence-electron chi connectivity index (χ1n) is 3.91. The van der Waals surface area contributed by atoms with Gasteiger partial charge in [-0.05, 0) is 20.8 Å². The maximum Gasteiger partial charge on any atom is 0.255 e. The van der Waals surface area contributed by atoms with Gasteiger partial charge in [-0.25, -0.2) is 13.6 Å². The molecule has 0 aliphatic carbocycles. The van der Waals surface area contributed by atoms with Gasteiger partial charge in [-0.2, -0.15) is 5.10 Å². The molecule has 0 unspecified atom stereocenters. The molecular weight excluding hydrogens is 190 g/mol. The van der Waals surface area contributed by atoms with Crippen LogP contribution in [0.5, 0.6) is 0 Å². The van der Waals surface area contributed by atoms with E-state index in [1.165, 1.54) is 10.9 Å². The van der Waals surface area contributed by atoms with Gasteiger partial charge in [-0.15, -0.1) is 0 Å². The molecule has 0 aromatic carbocycles. The maximum atomic E-state index is 11.2. The molecule has 1 aromatic heterocycles. The number of hydrogen-bond donors (Lipinski definition) is 1. The van der Waals surface area contributed by atoms with Gasteiger partial charge in [0.2, 0.25) is 0 Å². The molecule has 0 radical (unpaired) electrons. The minimum Gasteiger partial charge on any atom is -0.250 e. The van der Waals surface area contributed by atoms with Gasteiger partial charge in [0.05, 0.1) is 6.20 Å². The lowest BCUT2D eigenvalue weighted by Gasteiger charge is -2.09. The molecular formula is C7H13N3O2S. The zero-order valence-electron chi connectivity index (χ0n) is 7.85. The molecule has 2 N–H and O–H groups in total. The summed E-state index contributed by atoms with van der Waals surface area (Å²) in [6, 6.07) is -0.0120. The van der Waals surface area contributed by atoms with Gasteiger partial charge in [0.1, 0.15) is 0 Å². The smallest absolute Gasteiger partial charge is 0.250 e. The van der Waals surface area contributed by atoms with Gasteiger partial charge in [-0.1, -0.05) is 0 Å². The molecule has 1 rings (SSSR count). The van der Waals surface area contributed by atoms with E-state index in [-0.39, 0.29) is 11.1 Å². The first-order chi connectivity index (χ1) is 5.84. The SMILES string of the molecule is Cc1cnn(C(C)C)c1S(N)(=O)=O. The molecule has 0 atom stereocenters. The van der Waals surface area contributed by atoms with Crippen LogP contribution in [0.1, 0.15) is 25.5 Å². The summed E-state index contributed by atoms with van der Waals surface area (Å²) in [4.78, 5) is 0. The van der Waals surface area contributed by atoms with Crippen LogP contribution in [0.4, 0.5) is 0 Å². The van der Waals surface area contributed by atoms with E-state index in [2.05, 4.69) is 5.10 Å². The lowest BCUT2D eigenvalue weighted by atomic mass is 10.4. The zero-order chi connectivity index (χ0) is 10.2. The highest BCUT2D eigenvalue weighted by molar-refractivity contribution is 7.89. The summed E-state index contributed by atoms with van der Waals surface area (Å²) in [5, 5.41) is 9.09. The third kappa shape index (κ3) is 1.89. The van der Waals surface area contributed by atoms with E-state index in [0.717, 1.165) is 0 Å². The Labute approximate surface area is 77.6 Å². The number of nitrogens with two attached hydrogens (primary N) is 1. The van der Waals surface area contributed by atoms with Crippen LogP contribution < -0.4 is 5.14 Å². The van der Waals surface area contributed by atoms with Crippen LogP contribution in [0.15, 0.2) is 11.2 Å². The molecule has 5 nitrogen and oxygen atoms in total. The predicted molar refractivity (Wildman–Crippen MR) is 48.7 cm³/mol. The molecule has 0 amide bonds. The molecule has 0 saturated heterocycles. The van der Waals surface area contributed by atoms with Crippen LogP contribution in [-0.2, 0) is 10.0 Å². The molecule has 1 heterocycles. The van der Waals surface area contributed by atoms with Crippen LogP contribution in [0.2, 0.25) is 0 Å². The van der Waals surface area contributed by atoms with Crippen molar-refractivity contribution in [3.8, 4) is 0 Å². The number of aromatic nitrogens is 2. The molecule has 1 aromatic rings. The van der Waals surface area contributed by atoms with E-state index in [1.54, 1.807) is 6.92 Å². The Balaban J connectivity index is 3.42. The number of nitrogens with zero attached hydrogens (tertiary/aromatic N) is 2. The van der Waals surface area contributed by atoms with Crippen molar-refractivity contribution >= 4 is 10.0 Å². The van der Waals surface area contributed by atoms with Gasteiger partial charge in [-0.3, -0.25) is 4.68 Å². The third-order valence-electron chi connectivity index (χ3n) is 1.68. The molecule has 0 aliphatic heterocycles. The number of aryl methyl sites for hydroxylation is 1. The van der Waals surface area contributed by atoms with Crippen molar-refractivity contribution in [2.45, 2.75) is 31.8 Å². The largest absolute Gasteiger partial charge is 0.255 e. The first kappa shape index (κ1) is 10.2. The molecule has 0 fully saturated rings. The monoisotopic (exact) mass is 203 g/mol. The minimum absolute atomic E-state index is 0.0120. The summed E-state index contributed by atoms with van der Waals surface area (Å²) < 4.78 is 23.7. The fraction of sp³-hybridized carbons (Fsp3) is 0.571. The van der Waals surface area contributed by atoms with Gasteiger partial charge in [0, 0.05) is 11.6 Å². The Morgan fingerprint density at radius 2 is 2.08 bits per heavy atom. The summed E-state index contributed by atoms with van der Waals surface area (Å²) in [6.45, 7) is 5.37. The summed E-state index contributed by atoms with van der Waals surface area (Å²) in [5.41, 5.74) is 0.580. The lowest BCUT2D eigenvalue weighted by Crippen LogP contribution is -2.20. The average molecular weight is 203 g/mol.